The number of carboxylic acid groups (broad SMARTS) is 1. The Morgan fingerprint density at radius 3 is 2.38 bits per heavy atom. The number of amides is 4. The monoisotopic (exact) mass is 679 g/mol. The van der Waals surface area contributed by atoms with Gasteiger partial charge in [0, 0.05) is 61.2 Å². The zero-order chi connectivity index (χ0) is 35.1. The van der Waals surface area contributed by atoms with Crippen LogP contribution in [0.2, 0.25) is 0 Å². The summed E-state index contributed by atoms with van der Waals surface area (Å²) in [6.45, 7) is 3.84. The third-order valence-corrected chi connectivity index (χ3v) is 7.60. The van der Waals surface area contributed by atoms with Crippen LogP contribution < -0.4 is 21.3 Å². The van der Waals surface area contributed by atoms with E-state index < -0.39 is 66.2 Å². The van der Waals surface area contributed by atoms with Gasteiger partial charge in [-0.15, -0.1) is 0 Å². The number of aromatic nitrogens is 1. The number of aliphatic hydroxyl groups is 1. The van der Waals surface area contributed by atoms with Gasteiger partial charge in [-0.3, -0.25) is 28.8 Å². The van der Waals surface area contributed by atoms with Crippen LogP contribution in [0.1, 0.15) is 45.6 Å². The predicted octanol–water partition coefficient (Wildman–Crippen LogP) is -0.286. The topological polar surface area (TPSA) is 253 Å². The molecule has 0 aliphatic rings. The first-order valence-electron chi connectivity index (χ1n) is 14.7. The van der Waals surface area contributed by atoms with E-state index in [9.17, 15) is 43.8 Å². The van der Waals surface area contributed by atoms with Crippen molar-refractivity contribution >= 4 is 63.3 Å². The average Bonchev–Trinajstić information content (AvgIpc) is 3.38. The number of H-pyrrole nitrogens is 1. The van der Waals surface area contributed by atoms with Crippen molar-refractivity contribution in [3.8, 4) is 5.75 Å². The number of carboxylic acids is 1. The summed E-state index contributed by atoms with van der Waals surface area (Å²) < 4.78 is 5.05. The number of ether oxygens (including phenoxy) is 1. The third kappa shape index (κ3) is 13.7. The fourth-order valence-corrected chi connectivity index (χ4v) is 4.86. The number of hydrogen-bond donors (Lipinski definition) is 8. The van der Waals surface area contributed by atoms with Gasteiger partial charge in [0.15, 0.2) is 5.12 Å². The highest BCUT2D eigenvalue weighted by Gasteiger charge is 2.36. The van der Waals surface area contributed by atoms with Crippen LogP contribution in [0.4, 0.5) is 0 Å². The summed E-state index contributed by atoms with van der Waals surface area (Å²) in [5.41, 5.74) is 0.482. The number of thioether (sulfide) groups is 1. The maximum atomic E-state index is 12.4. The molecule has 0 aliphatic carbocycles. The van der Waals surface area contributed by atoms with Gasteiger partial charge in [-0.05, 0) is 30.2 Å². The number of aliphatic hydroxyl groups excluding tert-OH is 1. The van der Waals surface area contributed by atoms with E-state index in [4.69, 9.17) is 9.84 Å². The van der Waals surface area contributed by atoms with Crippen LogP contribution in [-0.4, -0.2) is 105 Å². The smallest absolute Gasteiger partial charge is 0.329 e. The zero-order valence-corrected chi connectivity index (χ0v) is 27.2. The highest BCUT2D eigenvalue weighted by molar-refractivity contribution is 8.13. The number of phenolic OH excluding ortho intramolecular Hbond substituents is 1. The van der Waals surface area contributed by atoms with E-state index in [0.717, 1.165) is 35.2 Å². The number of benzene rings is 1. The minimum absolute atomic E-state index is 0.118. The summed E-state index contributed by atoms with van der Waals surface area (Å²) in [4.78, 5) is 86.3. The largest absolute Gasteiger partial charge is 0.508 e. The van der Waals surface area contributed by atoms with Crippen molar-refractivity contribution in [1.29, 1.82) is 0 Å². The normalized spacial score (nSPS) is 12.4. The minimum atomic E-state index is -1.65. The molecule has 0 saturated carbocycles. The summed E-state index contributed by atoms with van der Waals surface area (Å²) in [6, 6.07) is 3.53. The molecule has 0 bridgehead atoms. The van der Waals surface area contributed by atoms with Crippen molar-refractivity contribution in [2.75, 3.05) is 32.0 Å². The zero-order valence-electron chi connectivity index (χ0n) is 26.3. The second kappa shape index (κ2) is 18.5. The predicted molar refractivity (Wildman–Crippen MR) is 170 cm³/mol. The number of rotatable bonds is 19. The van der Waals surface area contributed by atoms with E-state index in [1.807, 2.05) is 0 Å². The molecule has 17 heteroatoms. The number of esters is 1. The molecule has 47 heavy (non-hydrogen) atoms. The lowest BCUT2D eigenvalue weighted by Crippen LogP contribution is -2.48. The molecule has 0 aliphatic heterocycles. The van der Waals surface area contributed by atoms with E-state index in [1.54, 1.807) is 24.4 Å². The molecule has 16 nitrogen and oxygen atoms in total. The molecule has 2 atom stereocenters. The van der Waals surface area contributed by atoms with Gasteiger partial charge in [-0.2, -0.15) is 0 Å². The number of carbonyl (C=O) groups excluding carboxylic acids is 6. The molecule has 2 rings (SSSR count). The Labute approximate surface area is 274 Å². The van der Waals surface area contributed by atoms with Gasteiger partial charge in [-0.25, -0.2) is 4.79 Å². The molecular weight excluding hydrogens is 638 g/mol. The Bertz CT molecular complexity index is 1440. The number of aromatic hydroxyl groups is 1. The lowest BCUT2D eigenvalue weighted by atomic mass is 9.87. The molecule has 1 aromatic heterocycles. The number of fused-ring (bicyclic) bond motifs is 1. The lowest BCUT2D eigenvalue weighted by Gasteiger charge is -2.29. The lowest BCUT2D eigenvalue weighted by molar-refractivity contribution is -0.158. The fraction of sp³-hybridized carbons (Fsp3) is 0.500. The first-order valence-corrected chi connectivity index (χ1v) is 15.7. The van der Waals surface area contributed by atoms with Crippen LogP contribution in [0.5, 0.6) is 5.75 Å². The number of aromatic amines is 1. The van der Waals surface area contributed by atoms with Crippen LogP contribution in [-0.2, 0) is 44.7 Å². The van der Waals surface area contributed by atoms with Crippen LogP contribution in [0.25, 0.3) is 10.9 Å². The van der Waals surface area contributed by atoms with Crippen LogP contribution in [0, 0.1) is 5.41 Å². The number of carbonyl (C=O) groups is 7. The van der Waals surface area contributed by atoms with E-state index in [2.05, 4.69) is 26.3 Å². The quantitative estimate of drug-likeness (QED) is 0.0542. The van der Waals surface area contributed by atoms with Crippen molar-refractivity contribution in [2.45, 2.75) is 58.6 Å². The molecule has 8 N–H and O–H groups in total. The van der Waals surface area contributed by atoms with Crippen molar-refractivity contribution in [3.63, 3.8) is 0 Å². The number of phenols is 1. The Kier molecular flexibility index (Phi) is 15.2. The van der Waals surface area contributed by atoms with Gasteiger partial charge >= 0.3 is 11.9 Å². The van der Waals surface area contributed by atoms with Crippen LogP contribution in [0.15, 0.2) is 24.4 Å². The molecule has 0 radical (unpaired) electrons. The van der Waals surface area contributed by atoms with Gasteiger partial charge < -0.3 is 46.3 Å². The molecule has 0 fully saturated rings. The molecular formula is C30H41N5O11S. The van der Waals surface area contributed by atoms with Crippen molar-refractivity contribution in [2.24, 2.45) is 5.41 Å². The van der Waals surface area contributed by atoms with Gasteiger partial charge in [0.25, 0.3) is 0 Å². The highest BCUT2D eigenvalue weighted by atomic mass is 32.2. The van der Waals surface area contributed by atoms with Gasteiger partial charge in [0.05, 0.1) is 19.4 Å². The first-order chi connectivity index (χ1) is 22.1. The molecule has 0 unspecified atom stereocenters. The summed E-state index contributed by atoms with van der Waals surface area (Å²) in [6.07, 6.45) is -0.508. The molecule has 2 aromatic rings. The fourth-order valence-electron chi connectivity index (χ4n) is 4.20. The molecule has 0 spiro atoms. The summed E-state index contributed by atoms with van der Waals surface area (Å²) in [5.74, 6) is -4.33. The average molecular weight is 680 g/mol. The molecule has 258 valence electrons. The second-order valence-electron chi connectivity index (χ2n) is 11.3. The summed E-state index contributed by atoms with van der Waals surface area (Å²) in [5, 5.41) is 39.4. The number of hydrogen-bond acceptors (Lipinski definition) is 11. The van der Waals surface area contributed by atoms with E-state index in [0.29, 0.717) is 13.0 Å². The van der Waals surface area contributed by atoms with Gasteiger partial charge in [-0.1, -0.05) is 25.6 Å². The summed E-state index contributed by atoms with van der Waals surface area (Å²) in [7, 11) is 0. The maximum absolute atomic E-state index is 12.4. The molecule has 1 heterocycles. The van der Waals surface area contributed by atoms with Crippen LogP contribution in [0.3, 0.4) is 0 Å². The van der Waals surface area contributed by atoms with Gasteiger partial charge in [0.2, 0.25) is 23.6 Å². The number of aliphatic carboxylic acids is 1. The van der Waals surface area contributed by atoms with Gasteiger partial charge in [0.1, 0.15) is 17.9 Å². The standard InChI is InChI=1S/C30H41N5O11S/c1-17(36)35-22(13-25(40)41)29(45)46-16-30(2,3)27(43)28(44)33-9-7-23(38)32-10-11-47-26(42)14-24(39)31-8-6-18-15-34-21-5-4-19(37)12-20(18)21/h4-5,12,15,22,27,34,37,43H,6-11,13-14,16H2,1-3H3,(H,31,39)(H,32,38)(H,33,44)(H,35,36)(H,40,41)/t22-,27-/m0/s1. The van der Waals surface area contributed by atoms with Crippen LogP contribution >= 0.6 is 11.8 Å². The van der Waals surface area contributed by atoms with Crippen molar-refractivity contribution in [1.82, 2.24) is 26.3 Å². The molecule has 4 amide bonds. The molecule has 0 saturated heterocycles. The maximum Gasteiger partial charge on any atom is 0.329 e. The van der Waals surface area contributed by atoms with E-state index >= 15 is 0 Å². The highest BCUT2D eigenvalue weighted by Crippen LogP contribution is 2.23. The van der Waals surface area contributed by atoms with E-state index in [1.165, 1.54) is 13.8 Å². The Morgan fingerprint density at radius 1 is 1.00 bits per heavy atom. The first kappa shape index (κ1) is 38.5. The SMILES string of the molecule is CC(=O)N[C@@H](CC(=O)O)C(=O)OCC(C)(C)[C@@H](O)C(=O)NCCC(=O)NCCSC(=O)CC(=O)NCCc1c[nH]c2ccc(O)cc12. The Balaban J connectivity index is 1.60. The molecule has 1 aromatic carbocycles. The number of nitrogens with one attached hydrogen (secondary N) is 5. The van der Waals surface area contributed by atoms with E-state index in [-0.39, 0.29) is 42.5 Å². The Hall–Kier alpha value is -4.64. The Morgan fingerprint density at radius 2 is 1.70 bits per heavy atom. The summed E-state index contributed by atoms with van der Waals surface area (Å²) >= 11 is 0.895. The third-order valence-electron chi connectivity index (χ3n) is 6.73. The second-order valence-corrected chi connectivity index (χ2v) is 12.4. The minimum Gasteiger partial charge on any atom is -0.508 e. The van der Waals surface area contributed by atoms with Crippen molar-refractivity contribution < 1.29 is 53.6 Å². The van der Waals surface area contributed by atoms with Crippen molar-refractivity contribution in [3.05, 3.63) is 30.0 Å².